The van der Waals surface area contributed by atoms with Crippen LogP contribution in [0.5, 0.6) is 17.2 Å². The quantitative estimate of drug-likeness (QED) is 0.618. The van der Waals surface area contributed by atoms with E-state index in [1.807, 2.05) is 12.1 Å². The highest BCUT2D eigenvalue weighted by Gasteiger charge is 2.40. The number of rotatable bonds is 6. The van der Waals surface area contributed by atoms with Gasteiger partial charge < -0.3 is 24.4 Å². The maximum atomic E-state index is 13.9. The molecule has 5 heteroatoms. The van der Waals surface area contributed by atoms with Crippen molar-refractivity contribution in [3.63, 3.8) is 0 Å². The molecule has 144 valence electrons. The first-order valence-electron chi connectivity index (χ1n) is 9.63. The first-order valence-corrected chi connectivity index (χ1v) is 9.63. The number of phenols is 1. The zero-order valence-corrected chi connectivity index (χ0v) is 16.0. The third-order valence-electron chi connectivity index (χ3n) is 5.97. The van der Waals surface area contributed by atoms with E-state index >= 15 is 0 Å². The second-order valence-electron chi connectivity index (χ2n) is 7.84. The largest absolute Gasteiger partial charge is 0.632 e. The molecule has 2 aliphatic rings. The average Bonchev–Trinajstić information content (AvgIpc) is 3.47. The van der Waals surface area contributed by atoms with Gasteiger partial charge in [0.1, 0.15) is 11.8 Å². The van der Waals surface area contributed by atoms with Crippen molar-refractivity contribution in [2.75, 3.05) is 27.3 Å². The molecule has 1 aliphatic carbocycles. The van der Waals surface area contributed by atoms with Crippen LogP contribution in [0, 0.1) is 11.1 Å². The summed E-state index contributed by atoms with van der Waals surface area (Å²) in [6.45, 7) is 1.29. The molecule has 1 aliphatic heterocycles. The van der Waals surface area contributed by atoms with Gasteiger partial charge in [-0.1, -0.05) is 6.07 Å². The van der Waals surface area contributed by atoms with Gasteiger partial charge in [-0.25, -0.2) is 0 Å². The average molecular weight is 369 g/mol. The number of benzene rings is 2. The van der Waals surface area contributed by atoms with Gasteiger partial charge in [0, 0.05) is 24.3 Å². The van der Waals surface area contributed by atoms with Gasteiger partial charge in [0.05, 0.1) is 27.3 Å². The van der Waals surface area contributed by atoms with Crippen molar-refractivity contribution in [1.82, 2.24) is 0 Å². The summed E-state index contributed by atoms with van der Waals surface area (Å²) in [4.78, 5) is 0. The monoisotopic (exact) mass is 369 g/mol. The van der Waals surface area contributed by atoms with E-state index in [1.165, 1.54) is 25.5 Å². The van der Waals surface area contributed by atoms with Gasteiger partial charge in [-0.3, -0.25) is 0 Å². The van der Waals surface area contributed by atoms with Crippen LogP contribution < -0.4 is 9.47 Å². The molecule has 0 bridgehead atoms. The van der Waals surface area contributed by atoms with E-state index in [0.717, 1.165) is 23.3 Å². The zero-order valence-electron chi connectivity index (χ0n) is 16.0. The summed E-state index contributed by atoms with van der Waals surface area (Å²) in [6.07, 6.45) is 3.74. The highest BCUT2D eigenvalue weighted by Crippen LogP contribution is 2.43. The minimum Gasteiger partial charge on any atom is -0.632 e. The number of hydrogen-bond donors (Lipinski definition) is 1. The standard InChI is InChI=1S/C22H27NO4/c1-26-18-6-7-19-17(13-18)9-10-23(25,14-15-3-4-15)20(19)11-16-5-8-22(27-2)21(24)12-16/h5-8,12-13,15,20,24H,3-4,9-11,14H2,1-2H3/t20-,23?/m0/s1. The Kier molecular flexibility index (Phi) is 4.74. The number of quaternary nitrogens is 1. The lowest BCUT2D eigenvalue weighted by atomic mass is 9.87. The molecule has 1 saturated carbocycles. The van der Waals surface area contributed by atoms with E-state index in [2.05, 4.69) is 12.1 Å². The second kappa shape index (κ2) is 7.06. The summed E-state index contributed by atoms with van der Waals surface area (Å²) in [7, 11) is 3.21. The molecule has 0 radical (unpaired) electrons. The Bertz CT molecular complexity index is 833. The molecule has 4 rings (SSSR count). The number of aromatic hydroxyl groups is 1. The Hall–Kier alpha value is -2.24. The number of ether oxygens (including phenoxy) is 2. The third-order valence-corrected chi connectivity index (χ3v) is 5.97. The molecular formula is C22H27NO4. The Morgan fingerprint density at radius 1 is 1.11 bits per heavy atom. The zero-order chi connectivity index (χ0) is 19.0. The van der Waals surface area contributed by atoms with Crippen molar-refractivity contribution in [3.05, 3.63) is 58.3 Å². The fourth-order valence-electron chi connectivity index (χ4n) is 4.29. The predicted octanol–water partition coefficient (Wildman–Crippen LogP) is 3.97. The lowest BCUT2D eigenvalue weighted by molar-refractivity contribution is -0.915. The Morgan fingerprint density at radius 2 is 1.93 bits per heavy atom. The molecule has 0 saturated heterocycles. The second-order valence-corrected chi connectivity index (χ2v) is 7.84. The fourth-order valence-corrected chi connectivity index (χ4v) is 4.29. The number of fused-ring (bicyclic) bond motifs is 1. The van der Waals surface area contributed by atoms with E-state index < -0.39 is 0 Å². The molecule has 1 unspecified atom stereocenters. The molecule has 2 aromatic carbocycles. The number of phenolic OH excluding ortho intramolecular Hbond substituents is 1. The summed E-state index contributed by atoms with van der Waals surface area (Å²) in [5, 5.41) is 24.0. The molecule has 0 spiro atoms. The van der Waals surface area contributed by atoms with Gasteiger partial charge in [-0.2, -0.15) is 0 Å². The van der Waals surface area contributed by atoms with Crippen molar-refractivity contribution in [2.24, 2.45) is 5.92 Å². The summed E-state index contributed by atoms with van der Waals surface area (Å²) < 4.78 is 10.3. The highest BCUT2D eigenvalue weighted by atomic mass is 16.5. The molecule has 0 amide bonds. The van der Waals surface area contributed by atoms with Crippen LogP contribution >= 0.6 is 0 Å². The highest BCUT2D eigenvalue weighted by molar-refractivity contribution is 5.43. The summed E-state index contributed by atoms with van der Waals surface area (Å²) in [5.41, 5.74) is 3.28. The van der Waals surface area contributed by atoms with Gasteiger partial charge in [-0.05, 0) is 54.3 Å². The van der Waals surface area contributed by atoms with Crippen LogP contribution in [-0.2, 0) is 12.8 Å². The Balaban J connectivity index is 1.69. The van der Waals surface area contributed by atoms with Gasteiger partial charge in [0.25, 0.3) is 0 Å². The summed E-state index contributed by atoms with van der Waals surface area (Å²) >= 11 is 0. The van der Waals surface area contributed by atoms with Crippen molar-refractivity contribution in [3.8, 4) is 17.2 Å². The smallest absolute Gasteiger partial charge is 0.160 e. The van der Waals surface area contributed by atoms with Crippen LogP contribution in [0.25, 0.3) is 0 Å². The van der Waals surface area contributed by atoms with Crippen molar-refractivity contribution in [1.29, 1.82) is 0 Å². The van der Waals surface area contributed by atoms with Crippen molar-refractivity contribution < 1.29 is 19.2 Å². The first kappa shape index (κ1) is 18.1. The topological polar surface area (TPSA) is 61.8 Å². The van der Waals surface area contributed by atoms with Crippen LogP contribution in [0.3, 0.4) is 0 Å². The molecule has 2 atom stereocenters. The van der Waals surface area contributed by atoms with E-state index in [1.54, 1.807) is 19.2 Å². The minimum absolute atomic E-state index is 0.118. The van der Waals surface area contributed by atoms with Crippen LogP contribution in [-0.4, -0.2) is 37.1 Å². The molecule has 1 heterocycles. The molecular weight excluding hydrogens is 342 g/mol. The SMILES string of the molecule is COc1ccc2c(c1)CC[N+]([O-])(CC1CC1)[C@H]2Cc1ccc(OC)c(O)c1. The fraction of sp³-hybridized carbons (Fsp3) is 0.455. The third kappa shape index (κ3) is 3.62. The van der Waals surface area contributed by atoms with Gasteiger partial charge >= 0.3 is 0 Å². The minimum atomic E-state index is -0.170. The Labute approximate surface area is 160 Å². The van der Waals surface area contributed by atoms with Crippen LogP contribution in [0.4, 0.5) is 0 Å². The summed E-state index contributed by atoms with van der Waals surface area (Å²) in [6, 6.07) is 11.3. The lowest BCUT2D eigenvalue weighted by Gasteiger charge is -2.52. The molecule has 1 fully saturated rings. The predicted molar refractivity (Wildman–Crippen MR) is 104 cm³/mol. The van der Waals surface area contributed by atoms with Gasteiger partial charge in [0.15, 0.2) is 11.5 Å². The molecule has 5 nitrogen and oxygen atoms in total. The van der Waals surface area contributed by atoms with Crippen LogP contribution in [0.15, 0.2) is 36.4 Å². The number of nitrogens with zero attached hydrogens (tertiary/aromatic N) is 1. The number of hydrogen-bond acceptors (Lipinski definition) is 4. The maximum Gasteiger partial charge on any atom is 0.160 e. The summed E-state index contributed by atoms with van der Waals surface area (Å²) in [5.74, 6) is 1.97. The molecule has 2 aromatic rings. The maximum absolute atomic E-state index is 13.9. The first-order chi connectivity index (χ1) is 13.0. The van der Waals surface area contributed by atoms with E-state index in [-0.39, 0.29) is 16.4 Å². The van der Waals surface area contributed by atoms with E-state index in [4.69, 9.17) is 9.47 Å². The molecule has 1 N–H and O–H groups in total. The number of hydroxylamine groups is 3. The van der Waals surface area contributed by atoms with E-state index in [0.29, 0.717) is 31.2 Å². The molecule has 27 heavy (non-hydrogen) atoms. The number of methoxy groups -OCH3 is 2. The Morgan fingerprint density at radius 3 is 2.59 bits per heavy atom. The van der Waals surface area contributed by atoms with E-state index in [9.17, 15) is 10.3 Å². The normalized spacial score (nSPS) is 24.3. The lowest BCUT2D eigenvalue weighted by Crippen LogP contribution is -2.51. The van der Waals surface area contributed by atoms with Crippen molar-refractivity contribution >= 4 is 0 Å². The van der Waals surface area contributed by atoms with Crippen LogP contribution in [0.1, 0.15) is 35.6 Å². The van der Waals surface area contributed by atoms with Gasteiger partial charge in [-0.15, -0.1) is 0 Å². The van der Waals surface area contributed by atoms with Crippen LogP contribution in [0.2, 0.25) is 0 Å². The van der Waals surface area contributed by atoms with Crippen molar-refractivity contribution in [2.45, 2.75) is 31.7 Å². The van der Waals surface area contributed by atoms with Gasteiger partial charge in [0.2, 0.25) is 0 Å². The molecule has 0 aromatic heterocycles.